The molecule has 0 amide bonds. The molecule has 4 aromatic rings. The minimum absolute atomic E-state index is 0.0940. The van der Waals surface area contributed by atoms with Gasteiger partial charge in [-0.3, -0.25) is 4.79 Å². The summed E-state index contributed by atoms with van der Waals surface area (Å²) < 4.78 is 1.62. The maximum absolute atomic E-state index is 13.2. The summed E-state index contributed by atoms with van der Waals surface area (Å²) in [6, 6.07) is 25.2. The summed E-state index contributed by atoms with van der Waals surface area (Å²) in [5, 5.41) is 3.92. The molecule has 1 heterocycles. The number of hydrogen-bond acceptors (Lipinski definition) is 4. The number of hydrogen-bond donors (Lipinski definition) is 1. The molecule has 0 aliphatic rings. The van der Waals surface area contributed by atoms with E-state index in [-0.39, 0.29) is 5.56 Å². The largest absolute Gasteiger partial charge is 0.325 e. The molecule has 0 radical (unpaired) electrons. The van der Waals surface area contributed by atoms with Gasteiger partial charge in [0.2, 0.25) is 5.95 Å². The van der Waals surface area contributed by atoms with Crippen LogP contribution in [0.5, 0.6) is 0 Å². The van der Waals surface area contributed by atoms with Crippen LogP contribution in [0.25, 0.3) is 16.6 Å². The van der Waals surface area contributed by atoms with E-state index in [0.29, 0.717) is 16.9 Å². The van der Waals surface area contributed by atoms with Crippen LogP contribution in [0.4, 0.5) is 11.6 Å². The van der Waals surface area contributed by atoms with Gasteiger partial charge in [-0.2, -0.15) is 0 Å². The first-order chi connectivity index (χ1) is 13.6. The van der Waals surface area contributed by atoms with E-state index in [1.807, 2.05) is 80.8 Å². The van der Waals surface area contributed by atoms with Gasteiger partial charge in [-0.15, -0.1) is 0 Å². The van der Waals surface area contributed by atoms with Crippen molar-refractivity contribution < 1.29 is 0 Å². The quantitative estimate of drug-likeness (QED) is 0.572. The van der Waals surface area contributed by atoms with Crippen molar-refractivity contribution in [2.45, 2.75) is 6.54 Å². The predicted molar refractivity (Wildman–Crippen MR) is 114 cm³/mol. The van der Waals surface area contributed by atoms with Gasteiger partial charge in [0.05, 0.1) is 16.6 Å². The van der Waals surface area contributed by atoms with E-state index in [0.717, 1.165) is 17.9 Å². The van der Waals surface area contributed by atoms with Crippen LogP contribution in [-0.2, 0) is 6.54 Å². The van der Waals surface area contributed by atoms with Gasteiger partial charge in [0.1, 0.15) is 0 Å². The first kappa shape index (κ1) is 17.9. The van der Waals surface area contributed by atoms with Gasteiger partial charge in [0.25, 0.3) is 5.56 Å². The molecule has 0 saturated heterocycles. The minimum Gasteiger partial charge on any atom is -0.325 e. The number of rotatable bonds is 5. The minimum atomic E-state index is -0.0940. The van der Waals surface area contributed by atoms with Crippen molar-refractivity contribution in [1.82, 2.24) is 14.5 Å². The number of fused-ring (bicyclic) bond motifs is 1. The lowest BCUT2D eigenvalue weighted by atomic mass is 10.2. The zero-order valence-corrected chi connectivity index (χ0v) is 16.0. The molecule has 0 fully saturated rings. The fraction of sp³-hybridized carbons (Fsp3) is 0.130. The summed E-state index contributed by atoms with van der Waals surface area (Å²) in [5.41, 5.74) is 3.46. The van der Waals surface area contributed by atoms with Crippen LogP contribution >= 0.6 is 0 Å². The Morgan fingerprint density at radius 2 is 1.57 bits per heavy atom. The number of nitrogens with one attached hydrogen (secondary N) is 1. The Hall–Kier alpha value is -3.44. The van der Waals surface area contributed by atoms with Crippen LogP contribution in [0.3, 0.4) is 0 Å². The maximum atomic E-state index is 13.2. The average molecular weight is 370 g/mol. The van der Waals surface area contributed by atoms with Crippen LogP contribution in [0.2, 0.25) is 0 Å². The third kappa shape index (κ3) is 3.66. The predicted octanol–water partition coefficient (Wildman–Crippen LogP) is 4.19. The van der Waals surface area contributed by atoms with Gasteiger partial charge in [-0.25, -0.2) is 9.55 Å². The van der Waals surface area contributed by atoms with Crippen molar-refractivity contribution in [1.29, 1.82) is 0 Å². The highest BCUT2D eigenvalue weighted by atomic mass is 16.1. The Balaban J connectivity index is 1.80. The molecule has 0 saturated carbocycles. The highest BCUT2D eigenvalue weighted by molar-refractivity contribution is 5.79. The summed E-state index contributed by atoms with van der Waals surface area (Å²) in [6.07, 6.45) is 0. The molecular weight excluding hydrogens is 348 g/mol. The summed E-state index contributed by atoms with van der Waals surface area (Å²) in [6.45, 7) is 0.878. The Bertz CT molecular complexity index is 1150. The van der Waals surface area contributed by atoms with Crippen LogP contribution in [-0.4, -0.2) is 28.5 Å². The molecule has 5 nitrogen and oxygen atoms in total. The van der Waals surface area contributed by atoms with Gasteiger partial charge >= 0.3 is 0 Å². The standard InChI is InChI=1S/C23H22N4O/c1-26(2)16-17-12-14-18(15-13-17)24-23-25-21-11-7-6-10-20(21)22(28)27(23)19-8-4-3-5-9-19/h3-15H,16H2,1-2H3,(H,24,25). The van der Waals surface area contributed by atoms with Crippen LogP contribution in [0, 0.1) is 0 Å². The van der Waals surface area contributed by atoms with Crippen molar-refractivity contribution >= 4 is 22.5 Å². The summed E-state index contributed by atoms with van der Waals surface area (Å²) in [4.78, 5) is 20.0. The molecule has 3 aromatic carbocycles. The molecule has 0 aliphatic heterocycles. The van der Waals surface area contributed by atoms with Crippen molar-refractivity contribution in [3.63, 3.8) is 0 Å². The zero-order chi connectivity index (χ0) is 19.5. The van der Waals surface area contributed by atoms with Crippen LogP contribution in [0.1, 0.15) is 5.56 Å². The zero-order valence-electron chi connectivity index (χ0n) is 16.0. The van der Waals surface area contributed by atoms with E-state index in [4.69, 9.17) is 4.98 Å². The number of nitrogens with zero attached hydrogens (tertiary/aromatic N) is 3. The first-order valence-corrected chi connectivity index (χ1v) is 9.20. The SMILES string of the molecule is CN(C)Cc1ccc(Nc2nc3ccccc3c(=O)n2-c2ccccc2)cc1. The molecule has 0 atom stereocenters. The monoisotopic (exact) mass is 370 g/mol. The summed E-state index contributed by atoms with van der Waals surface area (Å²) >= 11 is 0. The van der Waals surface area contributed by atoms with E-state index < -0.39 is 0 Å². The second kappa shape index (κ2) is 7.66. The number of para-hydroxylation sites is 2. The lowest BCUT2D eigenvalue weighted by molar-refractivity contribution is 0.402. The van der Waals surface area contributed by atoms with Gasteiger partial charge in [-0.05, 0) is 56.1 Å². The molecule has 140 valence electrons. The fourth-order valence-electron chi connectivity index (χ4n) is 3.22. The molecule has 0 aliphatic carbocycles. The van der Waals surface area contributed by atoms with E-state index in [9.17, 15) is 4.79 Å². The third-order valence-electron chi connectivity index (χ3n) is 4.50. The molecule has 0 bridgehead atoms. The highest BCUT2D eigenvalue weighted by Gasteiger charge is 2.12. The van der Waals surface area contributed by atoms with E-state index >= 15 is 0 Å². The van der Waals surface area contributed by atoms with Crippen molar-refractivity contribution in [3.8, 4) is 5.69 Å². The molecule has 0 unspecified atom stereocenters. The van der Waals surface area contributed by atoms with Gasteiger partial charge in [0.15, 0.2) is 0 Å². The van der Waals surface area contributed by atoms with Gasteiger partial charge in [0, 0.05) is 12.2 Å². The van der Waals surface area contributed by atoms with Crippen molar-refractivity contribution in [3.05, 3.63) is 94.8 Å². The molecule has 1 N–H and O–H groups in total. The molecule has 0 spiro atoms. The number of benzene rings is 3. The molecule has 1 aromatic heterocycles. The Kier molecular flexibility index (Phi) is 4.91. The second-order valence-corrected chi connectivity index (χ2v) is 6.99. The van der Waals surface area contributed by atoms with Gasteiger partial charge in [-0.1, -0.05) is 42.5 Å². The van der Waals surface area contributed by atoms with E-state index in [1.54, 1.807) is 4.57 Å². The second-order valence-electron chi connectivity index (χ2n) is 6.99. The smallest absolute Gasteiger partial charge is 0.267 e. The normalized spacial score (nSPS) is 11.1. The third-order valence-corrected chi connectivity index (χ3v) is 4.50. The molecule has 28 heavy (non-hydrogen) atoms. The summed E-state index contributed by atoms with van der Waals surface area (Å²) in [7, 11) is 4.09. The lowest BCUT2D eigenvalue weighted by Crippen LogP contribution is -2.22. The number of anilines is 2. The fourth-order valence-corrected chi connectivity index (χ4v) is 3.22. The van der Waals surface area contributed by atoms with Crippen LogP contribution < -0.4 is 10.9 Å². The molecular formula is C23H22N4O. The molecule has 4 rings (SSSR count). The Labute approximate surface area is 163 Å². The maximum Gasteiger partial charge on any atom is 0.267 e. The first-order valence-electron chi connectivity index (χ1n) is 9.20. The number of aromatic nitrogens is 2. The Morgan fingerprint density at radius 1 is 0.893 bits per heavy atom. The van der Waals surface area contributed by atoms with E-state index in [1.165, 1.54) is 5.56 Å². The van der Waals surface area contributed by atoms with Gasteiger partial charge < -0.3 is 10.2 Å². The van der Waals surface area contributed by atoms with E-state index in [2.05, 4.69) is 22.3 Å². The summed E-state index contributed by atoms with van der Waals surface area (Å²) in [5.74, 6) is 0.496. The van der Waals surface area contributed by atoms with Crippen molar-refractivity contribution in [2.24, 2.45) is 0 Å². The van der Waals surface area contributed by atoms with Crippen LogP contribution in [0.15, 0.2) is 83.7 Å². The Morgan fingerprint density at radius 3 is 2.29 bits per heavy atom. The average Bonchev–Trinajstić information content (AvgIpc) is 2.70. The lowest BCUT2D eigenvalue weighted by Gasteiger charge is -2.15. The molecule has 5 heteroatoms. The highest BCUT2D eigenvalue weighted by Crippen LogP contribution is 2.20. The van der Waals surface area contributed by atoms with Crippen molar-refractivity contribution in [2.75, 3.05) is 19.4 Å². The topological polar surface area (TPSA) is 50.2 Å².